The molecule has 0 aliphatic carbocycles. The van der Waals surface area contributed by atoms with Gasteiger partial charge in [0, 0.05) is 12.6 Å². The maximum Gasteiger partial charge on any atom is 0.264 e. The molecular formula is C17H13N3O3S. The summed E-state index contributed by atoms with van der Waals surface area (Å²) in [6.45, 7) is 0.0146. The number of nitrogens with zero attached hydrogens (tertiary/aromatic N) is 2. The van der Waals surface area contributed by atoms with Gasteiger partial charge in [0.25, 0.3) is 11.8 Å². The first kappa shape index (κ1) is 14.6. The highest BCUT2D eigenvalue weighted by molar-refractivity contribution is 7.22. The van der Waals surface area contributed by atoms with Crippen LogP contribution in [-0.2, 0) is 4.79 Å². The first-order valence-electron chi connectivity index (χ1n) is 7.32. The number of anilines is 2. The number of carbonyl (C=O) groups is 2. The summed E-state index contributed by atoms with van der Waals surface area (Å²) in [5.74, 6) is 0.170. The van der Waals surface area contributed by atoms with E-state index in [2.05, 4.69) is 10.3 Å². The van der Waals surface area contributed by atoms with Crippen LogP contribution in [0.2, 0.25) is 0 Å². The number of hydrogen-bond acceptors (Lipinski definition) is 5. The van der Waals surface area contributed by atoms with Crippen molar-refractivity contribution in [2.24, 2.45) is 0 Å². The zero-order valence-corrected chi connectivity index (χ0v) is 13.6. The Morgan fingerprint density at radius 2 is 2.12 bits per heavy atom. The monoisotopic (exact) mass is 339 g/mol. The molecule has 0 atom stereocenters. The van der Waals surface area contributed by atoms with Crippen LogP contribution in [0.15, 0.2) is 42.5 Å². The van der Waals surface area contributed by atoms with Gasteiger partial charge in [-0.1, -0.05) is 23.5 Å². The SMILES string of the molecule is CN1C(=O)COc2ccc(C(=O)Nc3nc4ccccc4s3)cc21. The van der Waals surface area contributed by atoms with Gasteiger partial charge in [-0.2, -0.15) is 0 Å². The van der Waals surface area contributed by atoms with Gasteiger partial charge in [-0.15, -0.1) is 0 Å². The lowest BCUT2D eigenvalue weighted by Crippen LogP contribution is -2.35. The largest absolute Gasteiger partial charge is 0.482 e. The fraction of sp³-hybridized carbons (Fsp3) is 0.118. The zero-order valence-electron chi connectivity index (χ0n) is 12.8. The number of amides is 2. The second-order valence-corrected chi connectivity index (χ2v) is 6.40. The van der Waals surface area contributed by atoms with Crippen LogP contribution in [0.3, 0.4) is 0 Å². The van der Waals surface area contributed by atoms with E-state index in [1.165, 1.54) is 16.2 Å². The molecule has 0 saturated heterocycles. The quantitative estimate of drug-likeness (QED) is 0.779. The van der Waals surface area contributed by atoms with Crippen molar-refractivity contribution in [3.8, 4) is 5.75 Å². The molecule has 0 radical (unpaired) electrons. The van der Waals surface area contributed by atoms with Crippen LogP contribution in [0.25, 0.3) is 10.2 Å². The summed E-state index contributed by atoms with van der Waals surface area (Å²) in [5.41, 5.74) is 1.88. The Balaban J connectivity index is 1.61. The Morgan fingerprint density at radius 3 is 2.96 bits per heavy atom. The van der Waals surface area contributed by atoms with E-state index in [9.17, 15) is 9.59 Å². The summed E-state index contributed by atoms with van der Waals surface area (Å²) in [5, 5.41) is 3.35. The number of hydrogen-bond donors (Lipinski definition) is 1. The van der Waals surface area contributed by atoms with Crippen molar-refractivity contribution >= 4 is 44.2 Å². The molecule has 0 fully saturated rings. The van der Waals surface area contributed by atoms with E-state index in [0.717, 1.165) is 10.2 Å². The van der Waals surface area contributed by atoms with Crippen molar-refractivity contribution in [2.45, 2.75) is 0 Å². The molecule has 7 heteroatoms. The zero-order chi connectivity index (χ0) is 16.7. The van der Waals surface area contributed by atoms with Crippen LogP contribution < -0.4 is 15.0 Å². The van der Waals surface area contributed by atoms with Crippen LogP contribution in [0.1, 0.15) is 10.4 Å². The van der Waals surface area contributed by atoms with Crippen LogP contribution in [0, 0.1) is 0 Å². The summed E-state index contributed by atoms with van der Waals surface area (Å²) >= 11 is 1.42. The first-order valence-corrected chi connectivity index (χ1v) is 8.14. The van der Waals surface area contributed by atoms with Crippen LogP contribution in [0.4, 0.5) is 10.8 Å². The maximum absolute atomic E-state index is 12.5. The number of fused-ring (bicyclic) bond motifs is 2. The predicted octanol–water partition coefficient (Wildman–Crippen LogP) is 2.90. The summed E-state index contributed by atoms with van der Waals surface area (Å²) in [6.07, 6.45) is 0. The Labute approximate surface area is 141 Å². The number of nitrogens with one attached hydrogen (secondary N) is 1. The molecule has 2 heterocycles. The van der Waals surface area contributed by atoms with Gasteiger partial charge in [0.2, 0.25) is 0 Å². The lowest BCUT2D eigenvalue weighted by Gasteiger charge is -2.26. The molecule has 1 aliphatic rings. The molecule has 1 aromatic heterocycles. The first-order chi connectivity index (χ1) is 11.6. The number of para-hydroxylation sites is 1. The highest BCUT2D eigenvalue weighted by Crippen LogP contribution is 2.32. The van der Waals surface area contributed by atoms with E-state index in [1.54, 1.807) is 25.2 Å². The molecule has 0 unspecified atom stereocenters. The summed E-state index contributed by atoms with van der Waals surface area (Å²) in [6, 6.07) is 12.7. The summed E-state index contributed by atoms with van der Waals surface area (Å²) < 4.78 is 6.38. The number of likely N-dealkylation sites (N-methyl/N-ethyl adjacent to an activating group) is 1. The third-order valence-corrected chi connectivity index (χ3v) is 4.77. The second kappa shape index (κ2) is 5.61. The average Bonchev–Trinajstić information content (AvgIpc) is 3.00. The van der Waals surface area contributed by atoms with Crippen molar-refractivity contribution in [3.05, 3.63) is 48.0 Å². The van der Waals surface area contributed by atoms with Crippen molar-refractivity contribution in [1.82, 2.24) is 4.98 Å². The fourth-order valence-electron chi connectivity index (χ4n) is 2.51. The van der Waals surface area contributed by atoms with E-state index < -0.39 is 0 Å². The maximum atomic E-state index is 12.5. The van der Waals surface area contributed by atoms with Gasteiger partial charge in [-0.3, -0.25) is 14.9 Å². The van der Waals surface area contributed by atoms with Gasteiger partial charge in [0.15, 0.2) is 11.7 Å². The van der Waals surface area contributed by atoms with E-state index in [-0.39, 0.29) is 18.4 Å². The van der Waals surface area contributed by atoms with Crippen molar-refractivity contribution in [3.63, 3.8) is 0 Å². The Hall–Kier alpha value is -2.93. The second-order valence-electron chi connectivity index (χ2n) is 5.36. The number of thiazole rings is 1. The number of rotatable bonds is 2. The molecule has 6 nitrogen and oxygen atoms in total. The van der Waals surface area contributed by atoms with Gasteiger partial charge in [0.05, 0.1) is 15.9 Å². The lowest BCUT2D eigenvalue weighted by molar-refractivity contribution is -0.120. The minimum atomic E-state index is -0.275. The Morgan fingerprint density at radius 1 is 1.29 bits per heavy atom. The van der Waals surface area contributed by atoms with Crippen LogP contribution >= 0.6 is 11.3 Å². The van der Waals surface area contributed by atoms with E-state index in [1.807, 2.05) is 24.3 Å². The van der Waals surface area contributed by atoms with E-state index in [0.29, 0.717) is 22.1 Å². The molecular weight excluding hydrogens is 326 g/mol. The molecule has 24 heavy (non-hydrogen) atoms. The van der Waals surface area contributed by atoms with Gasteiger partial charge in [0.1, 0.15) is 5.75 Å². The molecule has 0 saturated carbocycles. The number of aromatic nitrogens is 1. The van der Waals surface area contributed by atoms with Gasteiger partial charge >= 0.3 is 0 Å². The molecule has 0 spiro atoms. The summed E-state index contributed by atoms with van der Waals surface area (Å²) in [7, 11) is 1.67. The Kier molecular flexibility index (Phi) is 3.42. The standard InChI is InChI=1S/C17H13N3O3S/c1-20-12-8-10(6-7-13(12)23-9-15(20)21)16(22)19-17-18-11-4-2-3-5-14(11)24-17/h2-8H,9H2,1H3,(H,18,19,22). The van der Waals surface area contributed by atoms with Gasteiger partial charge < -0.3 is 9.64 Å². The van der Waals surface area contributed by atoms with Crippen molar-refractivity contribution < 1.29 is 14.3 Å². The highest BCUT2D eigenvalue weighted by atomic mass is 32.1. The van der Waals surface area contributed by atoms with E-state index in [4.69, 9.17) is 4.74 Å². The average molecular weight is 339 g/mol. The molecule has 4 rings (SSSR count). The topological polar surface area (TPSA) is 71.5 Å². The van der Waals surface area contributed by atoms with E-state index >= 15 is 0 Å². The molecule has 2 amide bonds. The highest BCUT2D eigenvalue weighted by Gasteiger charge is 2.23. The third kappa shape index (κ3) is 2.48. The number of carbonyl (C=O) groups excluding carboxylic acids is 2. The third-order valence-electron chi connectivity index (χ3n) is 3.82. The molecule has 1 N–H and O–H groups in total. The van der Waals surface area contributed by atoms with Crippen LogP contribution in [0.5, 0.6) is 5.75 Å². The molecule has 0 bridgehead atoms. The van der Waals surface area contributed by atoms with Crippen molar-refractivity contribution in [2.75, 3.05) is 23.9 Å². The number of ether oxygens (including phenoxy) is 1. The van der Waals surface area contributed by atoms with Crippen LogP contribution in [-0.4, -0.2) is 30.5 Å². The Bertz CT molecular complexity index is 934. The molecule has 1 aliphatic heterocycles. The van der Waals surface area contributed by atoms with Gasteiger partial charge in [-0.25, -0.2) is 4.98 Å². The smallest absolute Gasteiger partial charge is 0.264 e. The molecule has 3 aromatic rings. The lowest BCUT2D eigenvalue weighted by atomic mass is 10.1. The minimum Gasteiger partial charge on any atom is -0.482 e. The molecule has 120 valence electrons. The molecule has 2 aromatic carbocycles. The normalized spacial score (nSPS) is 13.5. The fourth-order valence-corrected chi connectivity index (χ4v) is 3.37. The number of benzene rings is 2. The predicted molar refractivity (Wildman–Crippen MR) is 92.9 cm³/mol. The summed E-state index contributed by atoms with van der Waals surface area (Å²) in [4.78, 5) is 30.1. The van der Waals surface area contributed by atoms with Crippen molar-refractivity contribution in [1.29, 1.82) is 0 Å². The minimum absolute atomic E-state index is 0.0146. The van der Waals surface area contributed by atoms with Gasteiger partial charge in [-0.05, 0) is 30.3 Å².